The number of aryl methyl sites for hydroxylation is 2. The SMILES string of the molecule is CNC1CC(Oc2cc([N+](=O)[O-])c(C)cc2C)C1. The first-order chi connectivity index (χ1) is 8.51. The minimum atomic E-state index is -0.362. The molecule has 1 aromatic rings. The summed E-state index contributed by atoms with van der Waals surface area (Å²) in [6.07, 6.45) is 2.08. The summed E-state index contributed by atoms with van der Waals surface area (Å²) in [7, 11) is 1.93. The van der Waals surface area contributed by atoms with Crippen LogP contribution in [-0.4, -0.2) is 24.1 Å². The molecular formula is C13H18N2O3. The van der Waals surface area contributed by atoms with Gasteiger partial charge in [-0.1, -0.05) is 0 Å². The van der Waals surface area contributed by atoms with E-state index in [1.807, 2.05) is 20.0 Å². The largest absolute Gasteiger partial charge is 0.490 e. The summed E-state index contributed by atoms with van der Waals surface area (Å²) >= 11 is 0. The standard InChI is InChI=1S/C13H18N2O3/c1-8-4-9(2)13(7-12(8)15(16)17)18-11-5-10(6-11)14-3/h4,7,10-11,14H,5-6H2,1-3H3. The average molecular weight is 250 g/mol. The molecule has 0 amide bonds. The van der Waals surface area contributed by atoms with Gasteiger partial charge in [-0.05, 0) is 45.4 Å². The van der Waals surface area contributed by atoms with Gasteiger partial charge in [0.2, 0.25) is 0 Å². The van der Waals surface area contributed by atoms with E-state index in [0.29, 0.717) is 17.4 Å². The molecule has 5 nitrogen and oxygen atoms in total. The number of hydrogen-bond donors (Lipinski definition) is 1. The fourth-order valence-electron chi connectivity index (χ4n) is 2.22. The average Bonchev–Trinajstić information content (AvgIpc) is 2.24. The van der Waals surface area contributed by atoms with E-state index < -0.39 is 0 Å². The van der Waals surface area contributed by atoms with Crippen LogP contribution < -0.4 is 10.1 Å². The maximum Gasteiger partial charge on any atom is 0.276 e. The fourth-order valence-corrected chi connectivity index (χ4v) is 2.22. The lowest BCUT2D eigenvalue weighted by Gasteiger charge is -2.35. The normalized spacial score (nSPS) is 22.4. The maximum absolute atomic E-state index is 10.9. The Bertz CT molecular complexity index is 468. The Morgan fingerprint density at radius 2 is 2.00 bits per heavy atom. The molecule has 0 heterocycles. The van der Waals surface area contributed by atoms with Crippen molar-refractivity contribution in [2.24, 2.45) is 0 Å². The smallest absolute Gasteiger partial charge is 0.276 e. The van der Waals surface area contributed by atoms with Gasteiger partial charge in [-0.3, -0.25) is 10.1 Å². The van der Waals surface area contributed by atoms with Crippen molar-refractivity contribution in [2.45, 2.75) is 38.8 Å². The third-order valence-electron chi connectivity index (χ3n) is 3.49. The van der Waals surface area contributed by atoms with Crippen molar-refractivity contribution in [1.82, 2.24) is 5.32 Å². The lowest BCUT2D eigenvalue weighted by atomic mass is 9.89. The van der Waals surface area contributed by atoms with Gasteiger partial charge < -0.3 is 10.1 Å². The van der Waals surface area contributed by atoms with E-state index in [9.17, 15) is 10.1 Å². The van der Waals surface area contributed by atoms with Crippen LogP contribution in [0.15, 0.2) is 12.1 Å². The zero-order chi connectivity index (χ0) is 13.3. The molecule has 0 saturated heterocycles. The van der Waals surface area contributed by atoms with E-state index in [1.54, 1.807) is 6.92 Å². The number of nitro groups is 1. The summed E-state index contributed by atoms with van der Waals surface area (Å²) in [4.78, 5) is 10.5. The molecule has 1 aliphatic rings. The first-order valence-corrected chi connectivity index (χ1v) is 6.10. The highest BCUT2D eigenvalue weighted by Gasteiger charge is 2.30. The van der Waals surface area contributed by atoms with Gasteiger partial charge in [0.05, 0.1) is 11.0 Å². The third-order valence-corrected chi connectivity index (χ3v) is 3.49. The van der Waals surface area contributed by atoms with Gasteiger partial charge in [0.25, 0.3) is 5.69 Å². The third kappa shape index (κ3) is 2.46. The second-order valence-electron chi connectivity index (χ2n) is 4.86. The second kappa shape index (κ2) is 4.94. The molecule has 2 rings (SSSR count). The minimum Gasteiger partial charge on any atom is -0.490 e. The van der Waals surface area contributed by atoms with Gasteiger partial charge in [0.1, 0.15) is 11.9 Å². The predicted octanol–water partition coefficient (Wildman–Crippen LogP) is 2.34. The minimum absolute atomic E-state index is 0.125. The molecule has 0 aliphatic heterocycles. The number of nitrogens with one attached hydrogen (secondary N) is 1. The van der Waals surface area contributed by atoms with Gasteiger partial charge in [0, 0.05) is 11.6 Å². The van der Waals surface area contributed by atoms with Crippen LogP contribution in [0.1, 0.15) is 24.0 Å². The van der Waals surface area contributed by atoms with Crippen LogP contribution >= 0.6 is 0 Å². The van der Waals surface area contributed by atoms with E-state index in [1.165, 1.54) is 6.07 Å². The molecule has 0 atom stereocenters. The Morgan fingerprint density at radius 1 is 1.33 bits per heavy atom. The van der Waals surface area contributed by atoms with Crippen molar-refractivity contribution in [2.75, 3.05) is 7.05 Å². The topological polar surface area (TPSA) is 64.4 Å². The highest BCUT2D eigenvalue weighted by Crippen LogP contribution is 2.32. The maximum atomic E-state index is 10.9. The molecule has 1 N–H and O–H groups in total. The zero-order valence-corrected chi connectivity index (χ0v) is 10.9. The molecule has 5 heteroatoms. The summed E-state index contributed by atoms with van der Waals surface area (Å²) in [6.45, 7) is 3.66. The summed E-state index contributed by atoms with van der Waals surface area (Å²) in [5.74, 6) is 0.631. The molecule has 1 fully saturated rings. The van der Waals surface area contributed by atoms with Crippen LogP contribution in [0.2, 0.25) is 0 Å². The molecule has 98 valence electrons. The van der Waals surface area contributed by atoms with Gasteiger partial charge in [-0.15, -0.1) is 0 Å². The Balaban J connectivity index is 2.13. The van der Waals surface area contributed by atoms with E-state index >= 15 is 0 Å². The molecule has 1 saturated carbocycles. The first kappa shape index (κ1) is 12.8. The van der Waals surface area contributed by atoms with Crippen LogP contribution in [0.5, 0.6) is 5.75 Å². The molecular weight excluding hydrogens is 232 g/mol. The summed E-state index contributed by atoms with van der Waals surface area (Å²) in [5, 5.41) is 14.1. The molecule has 18 heavy (non-hydrogen) atoms. The van der Waals surface area contributed by atoms with Crippen molar-refractivity contribution in [3.63, 3.8) is 0 Å². The van der Waals surface area contributed by atoms with Crippen LogP contribution in [0.25, 0.3) is 0 Å². The molecule has 1 aromatic carbocycles. The Kier molecular flexibility index (Phi) is 3.52. The summed E-state index contributed by atoms with van der Waals surface area (Å²) < 4.78 is 5.81. The highest BCUT2D eigenvalue weighted by molar-refractivity contribution is 5.49. The summed E-state index contributed by atoms with van der Waals surface area (Å²) in [6, 6.07) is 3.86. The molecule has 0 radical (unpaired) electrons. The van der Waals surface area contributed by atoms with Crippen LogP contribution in [-0.2, 0) is 0 Å². The fraction of sp³-hybridized carbons (Fsp3) is 0.538. The first-order valence-electron chi connectivity index (χ1n) is 6.10. The molecule has 0 spiro atoms. The highest BCUT2D eigenvalue weighted by atomic mass is 16.6. The Hall–Kier alpha value is -1.62. The predicted molar refractivity (Wildman–Crippen MR) is 69.1 cm³/mol. The number of benzene rings is 1. The van der Waals surface area contributed by atoms with Gasteiger partial charge in [-0.25, -0.2) is 0 Å². The van der Waals surface area contributed by atoms with Crippen LogP contribution in [0.4, 0.5) is 5.69 Å². The Labute approximate surface area is 106 Å². The van der Waals surface area contributed by atoms with Crippen LogP contribution in [0.3, 0.4) is 0 Å². The lowest BCUT2D eigenvalue weighted by molar-refractivity contribution is -0.385. The van der Waals surface area contributed by atoms with Gasteiger partial charge >= 0.3 is 0 Å². The second-order valence-corrected chi connectivity index (χ2v) is 4.86. The van der Waals surface area contributed by atoms with Crippen molar-refractivity contribution < 1.29 is 9.66 Å². The number of rotatable bonds is 4. The van der Waals surface area contributed by atoms with Crippen molar-refractivity contribution >= 4 is 5.69 Å². The number of nitro benzene ring substituents is 1. The number of hydrogen-bond acceptors (Lipinski definition) is 4. The quantitative estimate of drug-likeness (QED) is 0.658. The van der Waals surface area contributed by atoms with E-state index in [4.69, 9.17) is 4.74 Å². The van der Waals surface area contributed by atoms with Crippen molar-refractivity contribution in [1.29, 1.82) is 0 Å². The number of ether oxygens (including phenoxy) is 1. The van der Waals surface area contributed by atoms with Crippen molar-refractivity contribution in [3.05, 3.63) is 33.4 Å². The number of nitrogens with zero attached hydrogens (tertiary/aromatic N) is 1. The van der Waals surface area contributed by atoms with E-state index in [0.717, 1.165) is 18.4 Å². The van der Waals surface area contributed by atoms with Gasteiger partial charge in [0.15, 0.2) is 0 Å². The molecule has 0 unspecified atom stereocenters. The Morgan fingerprint density at radius 3 is 2.56 bits per heavy atom. The van der Waals surface area contributed by atoms with E-state index in [-0.39, 0.29) is 16.7 Å². The molecule has 0 bridgehead atoms. The van der Waals surface area contributed by atoms with Crippen molar-refractivity contribution in [3.8, 4) is 5.75 Å². The lowest BCUT2D eigenvalue weighted by Crippen LogP contribution is -2.45. The van der Waals surface area contributed by atoms with Crippen LogP contribution in [0, 0.1) is 24.0 Å². The van der Waals surface area contributed by atoms with E-state index in [2.05, 4.69) is 5.32 Å². The monoisotopic (exact) mass is 250 g/mol. The zero-order valence-electron chi connectivity index (χ0n) is 10.9. The van der Waals surface area contributed by atoms with Gasteiger partial charge in [-0.2, -0.15) is 0 Å². The molecule has 1 aliphatic carbocycles. The molecule has 0 aromatic heterocycles. The summed E-state index contributed by atoms with van der Waals surface area (Å²) in [5.41, 5.74) is 1.75.